The van der Waals surface area contributed by atoms with E-state index in [4.69, 9.17) is 15.2 Å². The average molecular weight is 291 g/mol. The molecule has 4 atom stereocenters. The van der Waals surface area contributed by atoms with Gasteiger partial charge in [0.25, 0.3) is 0 Å². The normalized spacial score (nSPS) is 25.3. The van der Waals surface area contributed by atoms with Crippen LogP contribution in [-0.2, 0) is 4.74 Å². The van der Waals surface area contributed by atoms with Gasteiger partial charge in [0.15, 0.2) is 0 Å². The van der Waals surface area contributed by atoms with Crippen molar-refractivity contribution < 1.29 is 9.47 Å². The van der Waals surface area contributed by atoms with Crippen molar-refractivity contribution in [1.82, 2.24) is 0 Å². The van der Waals surface area contributed by atoms with Crippen molar-refractivity contribution in [3.8, 4) is 5.75 Å². The summed E-state index contributed by atoms with van der Waals surface area (Å²) in [6.45, 7) is 4.29. The summed E-state index contributed by atoms with van der Waals surface area (Å²) < 4.78 is 11.7. The number of nitrogens with two attached hydrogens (primary N) is 1. The zero-order valence-electron chi connectivity index (χ0n) is 13.5. The van der Waals surface area contributed by atoms with Crippen LogP contribution in [0.15, 0.2) is 24.3 Å². The fourth-order valence-electron chi connectivity index (χ4n) is 3.27. The number of rotatable bonds is 6. The highest BCUT2D eigenvalue weighted by Gasteiger charge is 2.26. The number of ether oxygens (including phenoxy) is 2. The van der Waals surface area contributed by atoms with E-state index in [2.05, 4.69) is 13.0 Å². The summed E-state index contributed by atoms with van der Waals surface area (Å²) in [6, 6.07) is 8.04. The summed E-state index contributed by atoms with van der Waals surface area (Å²) in [7, 11) is 1.69. The summed E-state index contributed by atoms with van der Waals surface area (Å²) in [6.07, 6.45) is 6.48. The Bertz CT molecular complexity index is 433. The Hall–Kier alpha value is -1.06. The summed E-state index contributed by atoms with van der Waals surface area (Å²) in [4.78, 5) is 0. The van der Waals surface area contributed by atoms with Gasteiger partial charge in [-0.05, 0) is 43.4 Å². The molecule has 0 aromatic heterocycles. The van der Waals surface area contributed by atoms with Crippen molar-refractivity contribution in [2.45, 2.75) is 64.2 Å². The molecule has 1 fully saturated rings. The topological polar surface area (TPSA) is 44.5 Å². The molecule has 3 heteroatoms. The fraction of sp³-hybridized carbons (Fsp3) is 0.667. The molecule has 2 N–H and O–H groups in total. The van der Waals surface area contributed by atoms with Crippen LogP contribution in [0, 0.1) is 5.92 Å². The molecule has 1 aromatic carbocycles. The molecular formula is C18H29NO2. The van der Waals surface area contributed by atoms with Crippen LogP contribution in [0.2, 0.25) is 0 Å². The van der Waals surface area contributed by atoms with Crippen molar-refractivity contribution in [2.24, 2.45) is 11.7 Å². The lowest BCUT2D eigenvalue weighted by atomic mass is 9.85. The van der Waals surface area contributed by atoms with Gasteiger partial charge in [0.05, 0.1) is 19.3 Å². The van der Waals surface area contributed by atoms with E-state index in [-0.39, 0.29) is 12.1 Å². The second-order valence-electron chi connectivity index (χ2n) is 6.26. The van der Waals surface area contributed by atoms with E-state index in [0.29, 0.717) is 6.10 Å². The van der Waals surface area contributed by atoms with Crippen LogP contribution < -0.4 is 10.5 Å². The van der Waals surface area contributed by atoms with Gasteiger partial charge in [-0.25, -0.2) is 0 Å². The smallest absolute Gasteiger partial charge is 0.119 e. The molecule has 0 bridgehead atoms. The lowest BCUT2D eigenvalue weighted by molar-refractivity contribution is -0.0509. The van der Waals surface area contributed by atoms with Gasteiger partial charge in [-0.15, -0.1) is 0 Å². The second-order valence-corrected chi connectivity index (χ2v) is 6.26. The summed E-state index contributed by atoms with van der Waals surface area (Å²) in [5.74, 6) is 1.67. The van der Waals surface area contributed by atoms with Gasteiger partial charge >= 0.3 is 0 Å². The van der Waals surface area contributed by atoms with Gasteiger partial charge in [0.2, 0.25) is 0 Å². The highest BCUT2D eigenvalue weighted by Crippen LogP contribution is 2.33. The maximum Gasteiger partial charge on any atom is 0.119 e. The van der Waals surface area contributed by atoms with Gasteiger partial charge < -0.3 is 15.2 Å². The molecule has 0 aliphatic heterocycles. The summed E-state index contributed by atoms with van der Waals surface area (Å²) >= 11 is 0. The van der Waals surface area contributed by atoms with E-state index in [1.165, 1.54) is 25.7 Å². The highest BCUT2D eigenvalue weighted by atomic mass is 16.5. The summed E-state index contributed by atoms with van der Waals surface area (Å²) in [5, 5.41) is 0. The van der Waals surface area contributed by atoms with Crippen molar-refractivity contribution in [2.75, 3.05) is 7.11 Å². The van der Waals surface area contributed by atoms with Crippen LogP contribution in [0.25, 0.3) is 0 Å². The molecule has 0 saturated heterocycles. The Morgan fingerprint density at radius 2 is 2.14 bits per heavy atom. The minimum absolute atomic E-state index is 0.0286. The molecule has 21 heavy (non-hydrogen) atoms. The highest BCUT2D eigenvalue weighted by molar-refractivity contribution is 5.30. The van der Waals surface area contributed by atoms with Crippen LogP contribution in [-0.4, -0.2) is 19.3 Å². The lowest BCUT2D eigenvalue weighted by Crippen LogP contribution is -2.32. The first-order valence-electron chi connectivity index (χ1n) is 8.19. The van der Waals surface area contributed by atoms with Crippen LogP contribution in [0.1, 0.15) is 57.6 Å². The first-order valence-corrected chi connectivity index (χ1v) is 8.19. The van der Waals surface area contributed by atoms with E-state index in [0.717, 1.165) is 23.7 Å². The Kier molecular flexibility index (Phi) is 6.07. The third kappa shape index (κ3) is 4.45. The SMILES string of the molecule is CCC1CCCC(OC(c2cccc(OC)c2)C(C)N)C1. The van der Waals surface area contributed by atoms with Crippen molar-refractivity contribution in [1.29, 1.82) is 0 Å². The first kappa shape index (κ1) is 16.3. The van der Waals surface area contributed by atoms with Crippen LogP contribution in [0.5, 0.6) is 5.75 Å². The standard InChI is InChI=1S/C18H29NO2/c1-4-14-7-5-10-17(11-14)21-18(13(2)19)15-8-6-9-16(12-15)20-3/h6,8-9,12-14,17-18H,4-5,7,10-11,19H2,1-3H3. The quantitative estimate of drug-likeness (QED) is 0.859. The van der Waals surface area contributed by atoms with E-state index in [1.807, 2.05) is 25.1 Å². The molecule has 1 aliphatic carbocycles. The largest absolute Gasteiger partial charge is 0.497 e. The Morgan fingerprint density at radius 1 is 1.33 bits per heavy atom. The molecule has 0 heterocycles. The minimum atomic E-state index is -0.0549. The predicted octanol–water partition coefficient (Wildman–Crippen LogP) is 4.07. The number of hydrogen-bond donors (Lipinski definition) is 1. The molecule has 0 amide bonds. The Morgan fingerprint density at radius 3 is 2.81 bits per heavy atom. The van der Waals surface area contributed by atoms with Gasteiger partial charge in [-0.2, -0.15) is 0 Å². The Labute approximate surface area is 128 Å². The summed E-state index contributed by atoms with van der Waals surface area (Å²) in [5.41, 5.74) is 7.29. The van der Waals surface area contributed by atoms with E-state index < -0.39 is 0 Å². The molecule has 118 valence electrons. The van der Waals surface area contributed by atoms with Crippen LogP contribution >= 0.6 is 0 Å². The average Bonchev–Trinajstić information content (AvgIpc) is 2.52. The minimum Gasteiger partial charge on any atom is -0.497 e. The molecular weight excluding hydrogens is 262 g/mol. The van der Waals surface area contributed by atoms with Crippen molar-refractivity contribution >= 4 is 0 Å². The van der Waals surface area contributed by atoms with Crippen LogP contribution in [0.3, 0.4) is 0 Å². The zero-order valence-corrected chi connectivity index (χ0v) is 13.5. The molecule has 3 nitrogen and oxygen atoms in total. The maximum atomic E-state index is 6.39. The van der Waals surface area contributed by atoms with Crippen molar-refractivity contribution in [3.05, 3.63) is 29.8 Å². The van der Waals surface area contributed by atoms with Crippen LogP contribution in [0.4, 0.5) is 0 Å². The van der Waals surface area contributed by atoms with E-state index >= 15 is 0 Å². The lowest BCUT2D eigenvalue weighted by Gasteiger charge is -2.33. The molecule has 0 spiro atoms. The maximum absolute atomic E-state index is 6.39. The third-order valence-electron chi connectivity index (χ3n) is 4.55. The monoisotopic (exact) mass is 291 g/mol. The Balaban J connectivity index is 2.08. The van der Waals surface area contributed by atoms with E-state index in [1.54, 1.807) is 7.11 Å². The molecule has 1 aliphatic rings. The number of benzene rings is 1. The van der Waals surface area contributed by atoms with E-state index in [9.17, 15) is 0 Å². The third-order valence-corrected chi connectivity index (χ3v) is 4.55. The van der Waals surface area contributed by atoms with Gasteiger partial charge in [-0.1, -0.05) is 38.3 Å². The molecule has 1 saturated carbocycles. The van der Waals surface area contributed by atoms with Crippen molar-refractivity contribution in [3.63, 3.8) is 0 Å². The first-order chi connectivity index (χ1) is 10.1. The fourth-order valence-corrected chi connectivity index (χ4v) is 3.27. The molecule has 2 rings (SSSR count). The molecule has 4 unspecified atom stereocenters. The van der Waals surface area contributed by atoms with Gasteiger partial charge in [0.1, 0.15) is 5.75 Å². The predicted molar refractivity (Wildman–Crippen MR) is 86.5 cm³/mol. The number of hydrogen-bond acceptors (Lipinski definition) is 3. The molecule has 0 radical (unpaired) electrons. The van der Waals surface area contributed by atoms with Gasteiger partial charge in [0, 0.05) is 6.04 Å². The van der Waals surface area contributed by atoms with Gasteiger partial charge in [-0.3, -0.25) is 0 Å². The second kappa shape index (κ2) is 7.81. The zero-order chi connectivity index (χ0) is 15.2. The molecule has 1 aromatic rings. The number of methoxy groups -OCH3 is 1.